The number of benzene rings is 5. The van der Waals surface area contributed by atoms with Crippen molar-refractivity contribution in [2.45, 2.75) is 65.2 Å². The van der Waals surface area contributed by atoms with E-state index in [1.165, 1.54) is 42.7 Å². The molecule has 6 rings (SSSR count). The molecule has 0 unspecified atom stereocenters. The van der Waals surface area contributed by atoms with Crippen LogP contribution in [-0.2, 0) is 28.7 Å². The average Bonchev–Trinajstić information content (AvgIpc) is 3.84. The van der Waals surface area contributed by atoms with Gasteiger partial charge in [-0.3, -0.25) is 5.43 Å². The van der Waals surface area contributed by atoms with Gasteiger partial charge in [0.05, 0.1) is 54.0 Å². The van der Waals surface area contributed by atoms with Gasteiger partial charge in [0.2, 0.25) is 5.13 Å². The number of nitrogens with one attached hydrogen (secondary N) is 1. The highest BCUT2D eigenvalue weighted by Crippen LogP contribution is 2.40. The molecule has 0 atom stereocenters. The number of ether oxygens (including phenoxy) is 8. The zero-order valence-corrected chi connectivity index (χ0v) is 43.0. The van der Waals surface area contributed by atoms with Crippen LogP contribution in [-0.4, -0.2) is 73.4 Å². The lowest BCUT2D eigenvalue weighted by Crippen LogP contribution is -2.13. The van der Waals surface area contributed by atoms with Crippen LogP contribution in [0.15, 0.2) is 146 Å². The molecular weight excluding hydrogens is 995 g/mol. The number of rotatable bonds is 29. The highest BCUT2D eigenvalue weighted by atomic mass is 32.1. The van der Waals surface area contributed by atoms with E-state index in [9.17, 15) is 28.8 Å². The lowest BCUT2D eigenvalue weighted by molar-refractivity contribution is -0.138. The number of hydrazone groups is 1. The summed E-state index contributed by atoms with van der Waals surface area (Å²) >= 11 is 1.23. The van der Waals surface area contributed by atoms with E-state index in [1.54, 1.807) is 79.7 Å². The second kappa shape index (κ2) is 28.5. The van der Waals surface area contributed by atoms with Gasteiger partial charge in [-0.15, -0.1) is 0 Å². The van der Waals surface area contributed by atoms with E-state index < -0.39 is 35.8 Å². The van der Waals surface area contributed by atoms with Crippen LogP contribution in [0.1, 0.15) is 91.5 Å². The molecule has 0 bridgehead atoms. The van der Waals surface area contributed by atoms with Gasteiger partial charge in [0.1, 0.15) is 34.5 Å². The van der Waals surface area contributed by atoms with E-state index in [-0.39, 0.29) is 55.9 Å². The summed E-state index contributed by atoms with van der Waals surface area (Å²) in [6, 6.07) is 23.8. The SMILES string of the molecule is C=CC(=O)OCCCCCCOc1ccc(C(=O)Oc2cc(/C=N/Nc3nc4ccc(OC(=O)C(=C)C)cc4s3)c(OC(=O)c3ccc(OCCCCCCOC(=O)C=C)cc3)c3ccc(OC(=O)C(=C)C)cc23)cc1. The average molecular weight is 1050 g/mol. The van der Waals surface area contributed by atoms with Crippen LogP contribution < -0.4 is 33.8 Å². The Morgan fingerprint density at radius 3 is 1.58 bits per heavy atom. The zero-order valence-electron chi connectivity index (χ0n) is 42.2. The van der Waals surface area contributed by atoms with Crippen molar-refractivity contribution in [1.82, 2.24) is 4.98 Å². The summed E-state index contributed by atoms with van der Waals surface area (Å²) in [7, 11) is 0. The van der Waals surface area contributed by atoms with Crippen molar-refractivity contribution in [3.63, 3.8) is 0 Å². The molecule has 1 N–H and O–H groups in total. The molecule has 5 aromatic carbocycles. The lowest BCUT2D eigenvalue weighted by Gasteiger charge is -2.16. The number of aromatic nitrogens is 1. The number of esters is 6. The Balaban J connectivity index is 1.25. The van der Waals surface area contributed by atoms with Crippen molar-refractivity contribution in [2.24, 2.45) is 5.10 Å². The van der Waals surface area contributed by atoms with Crippen molar-refractivity contribution in [3.8, 4) is 34.5 Å². The van der Waals surface area contributed by atoms with Crippen LogP contribution in [0, 0.1) is 0 Å². The van der Waals surface area contributed by atoms with E-state index in [0.29, 0.717) is 59.0 Å². The first-order chi connectivity index (χ1) is 36.7. The van der Waals surface area contributed by atoms with Crippen LogP contribution in [0.3, 0.4) is 0 Å². The Hall–Kier alpha value is -8.90. The molecule has 0 radical (unpaired) electrons. The fourth-order valence-electron chi connectivity index (χ4n) is 6.93. The van der Waals surface area contributed by atoms with Crippen molar-refractivity contribution in [1.29, 1.82) is 0 Å². The quantitative estimate of drug-likeness (QED) is 0.0115. The van der Waals surface area contributed by atoms with E-state index >= 15 is 0 Å². The summed E-state index contributed by atoms with van der Waals surface area (Å²) in [5.74, 6) is -2.11. The second-order valence-corrected chi connectivity index (χ2v) is 18.0. The minimum atomic E-state index is -0.739. The number of hydrogen-bond donors (Lipinski definition) is 1. The first-order valence-corrected chi connectivity index (χ1v) is 25.1. The summed E-state index contributed by atoms with van der Waals surface area (Å²) < 4.78 is 45.7. The van der Waals surface area contributed by atoms with Gasteiger partial charge in [0, 0.05) is 45.7 Å². The minimum Gasteiger partial charge on any atom is -0.494 e. The van der Waals surface area contributed by atoms with E-state index in [0.717, 1.165) is 63.5 Å². The van der Waals surface area contributed by atoms with Crippen LogP contribution in [0.25, 0.3) is 21.0 Å². The molecule has 0 spiro atoms. The number of carbonyl (C=O) groups is 6. The molecule has 1 aromatic heterocycles. The van der Waals surface area contributed by atoms with E-state index in [4.69, 9.17) is 37.9 Å². The highest BCUT2D eigenvalue weighted by molar-refractivity contribution is 7.22. The lowest BCUT2D eigenvalue weighted by atomic mass is 10.0. The van der Waals surface area contributed by atoms with Crippen LogP contribution in [0.2, 0.25) is 0 Å². The third kappa shape index (κ3) is 17.1. The Labute approximate surface area is 443 Å². The summed E-state index contributed by atoms with van der Waals surface area (Å²) in [4.78, 5) is 79.8. The number of fused-ring (bicyclic) bond motifs is 2. The number of thiazole rings is 1. The van der Waals surface area contributed by atoms with Crippen molar-refractivity contribution in [3.05, 3.63) is 157 Å². The predicted molar refractivity (Wildman–Crippen MR) is 289 cm³/mol. The van der Waals surface area contributed by atoms with Crippen molar-refractivity contribution < 1.29 is 66.7 Å². The Morgan fingerprint density at radius 2 is 1.05 bits per heavy atom. The number of nitrogens with zero attached hydrogens (tertiary/aromatic N) is 2. The molecule has 0 aliphatic heterocycles. The molecule has 17 nitrogen and oxygen atoms in total. The number of anilines is 1. The summed E-state index contributed by atoms with van der Waals surface area (Å²) in [6.45, 7) is 18.6. The molecule has 1 heterocycles. The normalized spacial score (nSPS) is 10.8. The van der Waals surface area contributed by atoms with Gasteiger partial charge in [-0.05, 0) is 150 Å². The van der Waals surface area contributed by atoms with Crippen LogP contribution >= 0.6 is 11.3 Å². The van der Waals surface area contributed by atoms with Gasteiger partial charge in [-0.2, -0.15) is 5.10 Å². The zero-order chi connectivity index (χ0) is 54.4. The molecular formula is C58H57N3O14S. The molecule has 0 saturated carbocycles. The topological polar surface area (TPSA) is 214 Å². The maximum Gasteiger partial charge on any atom is 0.343 e. The number of unbranched alkanes of at least 4 members (excludes halogenated alkanes) is 6. The van der Waals surface area contributed by atoms with Crippen molar-refractivity contribution in [2.75, 3.05) is 31.9 Å². The van der Waals surface area contributed by atoms with E-state index in [2.05, 4.69) is 41.8 Å². The summed E-state index contributed by atoms with van der Waals surface area (Å²) in [6.07, 6.45) is 10.1. The molecule has 0 amide bonds. The minimum absolute atomic E-state index is 0.00325. The third-order valence-corrected chi connectivity index (χ3v) is 11.8. The van der Waals surface area contributed by atoms with Crippen LogP contribution in [0.4, 0.5) is 5.13 Å². The van der Waals surface area contributed by atoms with E-state index in [1.807, 2.05) is 0 Å². The Morgan fingerprint density at radius 1 is 0.566 bits per heavy atom. The Bertz CT molecular complexity index is 3140. The molecule has 6 aromatic rings. The maximum absolute atomic E-state index is 14.0. The third-order valence-electron chi connectivity index (χ3n) is 10.9. The first-order valence-electron chi connectivity index (χ1n) is 24.3. The molecule has 76 heavy (non-hydrogen) atoms. The van der Waals surface area contributed by atoms with Gasteiger partial charge in [-0.1, -0.05) is 37.7 Å². The largest absolute Gasteiger partial charge is 0.494 e. The van der Waals surface area contributed by atoms with Crippen LogP contribution in [0.5, 0.6) is 34.5 Å². The monoisotopic (exact) mass is 1050 g/mol. The predicted octanol–water partition coefficient (Wildman–Crippen LogP) is 11.6. The van der Waals surface area contributed by atoms with Gasteiger partial charge < -0.3 is 37.9 Å². The molecule has 18 heteroatoms. The fourth-order valence-corrected chi connectivity index (χ4v) is 7.77. The van der Waals surface area contributed by atoms with Gasteiger partial charge >= 0.3 is 35.8 Å². The Kier molecular flexibility index (Phi) is 21.2. The molecule has 0 saturated heterocycles. The first kappa shape index (κ1) is 56.4. The van der Waals surface area contributed by atoms with Gasteiger partial charge in [0.25, 0.3) is 0 Å². The second-order valence-electron chi connectivity index (χ2n) is 17.0. The van der Waals surface area contributed by atoms with Gasteiger partial charge in [0.15, 0.2) is 0 Å². The number of carbonyl (C=O) groups excluding carboxylic acids is 6. The molecule has 0 aliphatic rings. The molecule has 394 valence electrons. The maximum atomic E-state index is 14.0. The standard InChI is InChI=1S/C58H57N3O14S/c1-7-51(62)70-31-15-11-9-13-29-68-42-21-17-39(18-22-42)56(66)74-49-33-41(36-59-61-58-60-48-28-26-45(35-50(48)76-58)73-55(65)38(5)6)53(46-27-25-44(34-47(46)49)72-54(64)37(3)4)75-57(67)40-19-23-43(24-20-40)69-30-14-10-12-16-32-71-52(63)8-2/h7-8,17-28,33-36H,1-3,5,9-16,29-32H2,4,6H3,(H,60,61)/b59-36+. The van der Waals surface area contributed by atoms with Gasteiger partial charge in [-0.25, -0.2) is 33.8 Å². The molecule has 0 fully saturated rings. The van der Waals surface area contributed by atoms with Crippen molar-refractivity contribution >= 4 is 79.5 Å². The molecule has 0 aliphatic carbocycles. The smallest absolute Gasteiger partial charge is 0.343 e. The summed E-state index contributed by atoms with van der Waals surface area (Å²) in [5, 5.41) is 5.33. The highest BCUT2D eigenvalue weighted by Gasteiger charge is 2.22. The fraction of sp³-hybridized carbons (Fsp3) is 0.241. The number of hydrogen-bond acceptors (Lipinski definition) is 18. The summed E-state index contributed by atoms with van der Waals surface area (Å²) in [5.41, 5.74) is 4.48.